The second-order valence-corrected chi connectivity index (χ2v) is 6.88. The fourth-order valence-corrected chi connectivity index (χ4v) is 3.41. The second-order valence-electron chi connectivity index (χ2n) is 6.88. The maximum absolute atomic E-state index is 11.8. The number of piperidine rings is 1. The van der Waals surface area contributed by atoms with Crippen molar-refractivity contribution in [1.82, 2.24) is 9.80 Å². The zero-order chi connectivity index (χ0) is 16.5. The highest BCUT2D eigenvalue weighted by molar-refractivity contribution is 5.73. The van der Waals surface area contributed by atoms with Crippen LogP contribution in [0.4, 0.5) is 0 Å². The van der Waals surface area contributed by atoms with E-state index in [1.807, 2.05) is 0 Å². The number of hydrogen-bond acceptors (Lipinski definition) is 2. The average Bonchev–Trinajstić information content (AvgIpc) is 2.56. The lowest BCUT2D eigenvalue weighted by Crippen LogP contribution is -2.40. The first kappa shape index (κ1) is 18.0. The van der Waals surface area contributed by atoms with Crippen molar-refractivity contribution in [2.75, 3.05) is 26.2 Å². The summed E-state index contributed by atoms with van der Waals surface area (Å²) in [5.41, 5.74) is 1.40. The highest BCUT2D eigenvalue weighted by Gasteiger charge is 2.22. The van der Waals surface area contributed by atoms with Crippen LogP contribution in [-0.2, 0) is 11.3 Å². The van der Waals surface area contributed by atoms with Gasteiger partial charge in [0.25, 0.3) is 0 Å². The summed E-state index contributed by atoms with van der Waals surface area (Å²) >= 11 is 0. The van der Waals surface area contributed by atoms with E-state index in [9.17, 15) is 4.79 Å². The van der Waals surface area contributed by atoms with Crippen molar-refractivity contribution in [2.24, 2.45) is 5.92 Å². The van der Waals surface area contributed by atoms with Gasteiger partial charge in [0.05, 0.1) is 0 Å². The predicted octanol–water partition coefficient (Wildman–Crippen LogP) is 3.94. The molecule has 0 radical (unpaired) electrons. The summed E-state index contributed by atoms with van der Waals surface area (Å²) in [6, 6.07) is 10.7. The molecule has 1 aliphatic rings. The SMILES string of the molecule is CCCCCN(CC1CCN(Cc2ccccc2)CC1)C(C)=O. The van der Waals surface area contributed by atoms with E-state index in [1.165, 1.54) is 31.2 Å². The maximum Gasteiger partial charge on any atom is 0.219 e. The van der Waals surface area contributed by atoms with E-state index >= 15 is 0 Å². The minimum Gasteiger partial charge on any atom is -0.343 e. The fourth-order valence-electron chi connectivity index (χ4n) is 3.41. The molecule has 128 valence electrons. The van der Waals surface area contributed by atoms with Gasteiger partial charge in [0.2, 0.25) is 5.91 Å². The third kappa shape index (κ3) is 6.34. The Morgan fingerprint density at radius 1 is 1.17 bits per heavy atom. The van der Waals surface area contributed by atoms with Crippen LogP contribution >= 0.6 is 0 Å². The lowest BCUT2D eigenvalue weighted by molar-refractivity contribution is -0.129. The van der Waals surface area contributed by atoms with Crippen LogP contribution in [0.1, 0.15) is 51.5 Å². The standard InChI is InChI=1S/C20H32N2O/c1-3-4-8-13-22(18(2)23)17-20-11-14-21(15-12-20)16-19-9-6-5-7-10-19/h5-7,9-10,20H,3-4,8,11-17H2,1-2H3. The Bertz CT molecular complexity index is 452. The van der Waals surface area contributed by atoms with Crippen molar-refractivity contribution in [3.05, 3.63) is 35.9 Å². The average molecular weight is 316 g/mol. The highest BCUT2D eigenvalue weighted by Crippen LogP contribution is 2.20. The first-order valence-electron chi connectivity index (χ1n) is 9.20. The molecule has 1 heterocycles. The smallest absolute Gasteiger partial charge is 0.219 e. The molecule has 3 heteroatoms. The quantitative estimate of drug-likeness (QED) is 0.678. The number of benzene rings is 1. The van der Waals surface area contributed by atoms with Gasteiger partial charge in [-0.05, 0) is 43.8 Å². The molecule has 0 aliphatic carbocycles. The van der Waals surface area contributed by atoms with E-state index in [2.05, 4.69) is 47.1 Å². The third-order valence-corrected chi connectivity index (χ3v) is 4.91. The van der Waals surface area contributed by atoms with Crippen molar-refractivity contribution in [3.8, 4) is 0 Å². The third-order valence-electron chi connectivity index (χ3n) is 4.91. The van der Waals surface area contributed by atoms with Crippen molar-refractivity contribution < 1.29 is 4.79 Å². The fraction of sp³-hybridized carbons (Fsp3) is 0.650. The van der Waals surface area contributed by atoms with E-state index < -0.39 is 0 Å². The topological polar surface area (TPSA) is 23.6 Å². The van der Waals surface area contributed by atoms with E-state index in [4.69, 9.17) is 0 Å². The Hall–Kier alpha value is -1.35. The van der Waals surface area contributed by atoms with Crippen LogP contribution in [0.3, 0.4) is 0 Å². The number of hydrogen-bond donors (Lipinski definition) is 0. The Kier molecular flexibility index (Phi) is 7.60. The van der Waals surface area contributed by atoms with Gasteiger partial charge in [0.15, 0.2) is 0 Å². The van der Waals surface area contributed by atoms with Gasteiger partial charge in [0.1, 0.15) is 0 Å². The van der Waals surface area contributed by atoms with Crippen LogP contribution in [0.5, 0.6) is 0 Å². The summed E-state index contributed by atoms with van der Waals surface area (Å²) in [5, 5.41) is 0. The van der Waals surface area contributed by atoms with E-state index in [-0.39, 0.29) is 5.91 Å². The second kappa shape index (κ2) is 9.71. The molecular weight excluding hydrogens is 284 g/mol. The van der Waals surface area contributed by atoms with Gasteiger partial charge in [-0.15, -0.1) is 0 Å². The van der Waals surface area contributed by atoms with Gasteiger partial charge in [-0.2, -0.15) is 0 Å². The molecule has 1 amide bonds. The molecule has 0 saturated carbocycles. The van der Waals surface area contributed by atoms with E-state index in [0.29, 0.717) is 5.92 Å². The molecule has 1 aromatic rings. The Morgan fingerprint density at radius 3 is 2.48 bits per heavy atom. The minimum absolute atomic E-state index is 0.243. The zero-order valence-corrected chi connectivity index (χ0v) is 14.8. The summed E-state index contributed by atoms with van der Waals surface area (Å²) in [6.07, 6.45) is 6.00. The summed E-state index contributed by atoms with van der Waals surface area (Å²) in [7, 11) is 0. The molecule has 0 N–H and O–H groups in total. The lowest BCUT2D eigenvalue weighted by atomic mass is 9.95. The van der Waals surface area contributed by atoms with Gasteiger partial charge >= 0.3 is 0 Å². The summed E-state index contributed by atoms with van der Waals surface area (Å²) in [4.78, 5) is 16.5. The number of unbranched alkanes of at least 4 members (excludes halogenated alkanes) is 2. The minimum atomic E-state index is 0.243. The molecule has 3 nitrogen and oxygen atoms in total. The molecular formula is C20H32N2O. The lowest BCUT2D eigenvalue weighted by Gasteiger charge is -2.34. The monoisotopic (exact) mass is 316 g/mol. The summed E-state index contributed by atoms with van der Waals surface area (Å²) < 4.78 is 0. The molecule has 1 aromatic carbocycles. The number of carbonyl (C=O) groups is 1. The Morgan fingerprint density at radius 2 is 1.87 bits per heavy atom. The van der Waals surface area contributed by atoms with Crippen LogP contribution < -0.4 is 0 Å². The first-order valence-corrected chi connectivity index (χ1v) is 9.20. The van der Waals surface area contributed by atoms with Crippen molar-refractivity contribution in [2.45, 2.75) is 52.5 Å². The number of nitrogens with zero attached hydrogens (tertiary/aromatic N) is 2. The normalized spacial score (nSPS) is 16.4. The highest BCUT2D eigenvalue weighted by atomic mass is 16.2. The summed E-state index contributed by atoms with van der Waals surface area (Å²) in [5.74, 6) is 0.917. The number of amides is 1. The van der Waals surface area contributed by atoms with Gasteiger partial charge in [0, 0.05) is 26.6 Å². The van der Waals surface area contributed by atoms with Crippen LogP contribution in [0.15, 0.2) is 30.3 Å². The van der Waals surface area contributed by atoms with E-state index in [1.54, 1.807) is 6.92 Å². The predicted molar refractivity (Wildman–Crippen MR) is 96.2 cm³/mol. The van der Waals surface area contributed by atoms with E-state index in [0.717, 1.165) is 39.1 Å². The van der Waals surface area contributed by atoms with Crippen LogP contribution in [0.2, 0.25) is 0 Å². The molecule has 0 aromatic heterocycles. The maximum atomic E-state index is 11.8. The first-order chi connectivity index (χ1) is 11.2. The molecule has 0 spiro atoms. The number of rotatable bonds is 8. The molecule has 0 unspecified atom stereocenters. The molecule has 2 rings (SSSR count). The number of likely N-dealkylation sites (tertiary alicyclic amines) is 1. The zero-order valence-electron chi connectivity index (χ0n) is 14.8. The number of carbonyl (C=O) groups excluding carboxylic acids is 1. The Balaban J connectivity index is 1.73. The molecule has 1 fully saturated rings. The van der Waals surface area contributed by atoms with Crippen molar-refractivity contribution in [3.63, 3.8) is 0 Å². The van der Waals surface area contributed by atoms with Crippen LogP contribution in [0.25, 0.3) is 0 Å². The van der Waals surface area contributed by atoms with Crippen LogP contribution in [-0.4, -0.2) is 41.9 Å². The molecule has 1 aliphatic heterocycles. The van der Waals surface area contributed by atoms with Gasteiger partial charge in [-0.3, -0.25) is 9.69 Å². The molecule has 23 heavy (non-hydrogen) atoms. The largest absolute Gasteiger partial charge is 0.343 e. The van der Waals surface area contributed by atoms with Crippen LogP contribution in [0, 0.1) is 5.92 Å². The van der Waals surface area contributed by atoms with Gasteiger partial charge in [-0.25, -0.2) is 0 Å². The van der Waals surface area contributed by atoms with Gasteiger partial charge in [-0.1, -0.05) is 50.1 Å². The van der Waals surface area contributed by atoms with Crippen molar-refractivity contribution >= 4 is 5.91 Å². The molecule has 0 bridgehead atoms. The molecule has 1 saturated heterocycles. The summed E-state index contributed by atoms with van der Waals surface area (Å²) in [6.45, 7) is 9.18. The molecule has 0 atom stereocenters. The Labute approximate surface area is 141 Å². The van der Waals surface area contributed by atoms with Crippen molar-refractivity contribution in [1.29, 1.82) is 0 Å². The van der Waals surface area contributed by atoms with Gasteiger partial charge < -0.3 is 4.90 Å².